The van der Waals surface area contributed by atoms with Gasteiger partial charge in [0.1, 0.15) is 11.3 Å². The van der Waals surface area contributed by atoms with Gasteiger partial charge in [0.05, 0.1) is 12.6 Å². The number of amides is 1. The third-order valence-electron chi connectivity index (χ3n) is 5.25. The summed E-state index contributed by atoms with van der Waals surface area (Å²) in [5.41, 5.74) is 1.93. The number of aromatic nitrogens is 3. The molecule has 0 radical (unpaired) electrons. The maximum absolute atomic E-state index is 12.9. The van der Waals surface area contributed by atoms with Gasteiger partial charge in [-0.1, -0.05) is 13.3 Å². The van der Waals surface area contributed by atoms with Gasteiger partial charge in [0.15, 0.2) is 4.77 Å². The molecule has 3 N–H and O–H groups in total. The molecule has 0 bridgehead atoms. The van der Waals surface area contributed by atoms with Crippen LogP contribution in [0.5, 0.6) is 5.75 Å². The topological polar surface area (TPSA) is 91.9 Å². The van der Waals surface area contributed by atoms with Crippen molar-refractivity contribution in [3.05, 3.63) is 33.3 Å². The molecule has 3 aromatic rings. The fraction of sp³-hybridized carbons (Fsp3) is 0.476. The summed E-state index contributed by atoms with van der Waals surface area (Å²) >= 11 is 5.44. The maximum Gasteiger partial charge on any atom is 0.278 e. The number of aromatic amines is 2. The predicted octanol–water partition coefficient (Wildman–Crippen LogP) is 4.02. The number of benzene rings is 1. The molecule has 0 aliphatic carbocycles. The summed E-state index contributed by atoms with van der Waals surface area (Å²) < 4.78 is 7.27. The van der Waals surface area contributed by atoms with E-state index in [0.717, 1.165) is 42.3 Å². The van der Waals surface area contributed by atoms with Gasteiger partial charge in [0.2, 0.25) is 5.91 Å². The molecule has 0 saturated heterocycles. The number of hydrogen-bond acceptors (Lipinski definition) is 4. The molecular formula is C21H28N4O3S. The molecule has 2 heterocycles. The van der Waals surface area contributed by atoms with E-state index < -0.39 is 0 Å². The third kappa shape index (κ3) is 4.70. The van der Waals surface area contributed by atoms with Gasteiger partial charge in [-0.2, -0.15) is 0 Å². The van der Waals surface area contributed by atoms with Crippen molar-refractivity contribution in [2.24, 2.45) is 0 Å². The number of unbranched alkanes of at least 4 members (excludes halogenated alkanes) is 2. The molecule has 0 unspecified atom stereocenters. The van der Waals surface area contributed by atoms with Crippen LogP contribution in [0, 0.1) is 4.77 Å². The fourth-order valence-electron chi connectivity index (χ4n) is 3.37. The van der Waals surface area contributed by atoms with Crippen molar-refractivity contribution < 1.29 is 9.53 Å². The molecule has 7 nitrogen and oxygen atoms in total. The van der Waals surface area contributed by atoms with Gasteiger partial charge in [-0.15, -0.1) is 0 Å². The molecule has 0 fully saturated rings. The van der Waals surface area contributed by atoms with Crippen LogP contribution in [0.3, 0.4) is 0 Å². The molecule has 8 heteroatoms. The van der Waals surface area contributed by atoms with E-state index in [2.05, 4.69) is 15.3 Å². The largest absolute Gasteiger partial charge is 0.497 e. The van der Waals surface area contributed by atoms with Crippen LogP contribution in [-0.2, 0) is 11.3 Å². The van der Waals surface area contributed by atoms with Crippen LogP contribution in [0.4, 0.5) is 0 Å². The van der Waals surface area contributed by atoms with E-state index in [1.54, 1.807) is 11.7 Å². The summed E-state index contributed by atoms with van der Waals surface area (Å²) in [5.74, 6) is 0.808. The van der Waals surface area contributed by atoms with Crippen molar-refractivity contribution in [3.8, 4) is 5.75 Å². The van der Waals surface area contributed by atoms with Gasteiger partial charge in [-0.3, -0.25) is 14.2 Å². The molecule has 0 aliphatic rings. The van der Waals surface area contributed by atoms with Crippen molar-refractivity contribution >= 4 is 40.1 Å². The number of methoxy groups -OCH3 is 1. The van der Waals surface area contributed by atoms with Gasteiger partial charge in [0, 0.05) is 29.9 Å². The van der Waals surface area contributed by atoms with Crippen molar-refractivity contribution in [2.75, 3.05) is 7.11 Å². The number of nitrogens with zero attached hydrogens (tertiary/aromatic N) is 1. The first-order valence-electron chi connectivity index (χ1n) is 10.1. The second-order valence-electron chi connectivity index (χ2n) is 7.36. The summed E-state index contributed by atoms with van der Waals surface area (Å²) in [6.45, 7) is 4.57. The first-order chi connectivity index (χ1) is 13.9. The molecule has 1 amide bonds. The zero-order valence-electron chi connectivity index (χ0n) is 17.1. The number of H-pyrrole nitrogens is 2. The molecular weight excluding hydrogens is 388 g/mol. The fourth-order valence-corrected chi connectivity index (χ4v) is 3.65. The molecule has 156 valence electrons. The summed E-state index contributed by atoms with van der Waals surface area (Å²) in [4.78, 5) is 31.2. The van der Waals surface area contributed by atoms with E-state index >= 15 is 0 Å². The summed E-state index contributed by atoms with van der Waals surface area (Å²) in [6, 6.07) is 5.83. The van der Waals surface area contributed by atoms with Crippen LogP contribution < -0.4 is 15.6 Å². The lowest BCUT2D eigenvalue weighted by atomic mass is 10.1. The number of fused-ring (bicyclic) bond motifs is 3. The van der Waals surface area contributed by atoms with Crippen molar-refractivity contribution in [1.29, 1.82) is 0 Å². The van der Waals surface area contributed by atoms with Crippen LogP contribution in [0.2, 0.25) is 0 Å². The smallest absolute Gasteiger partial charge is 0.278 e. The van der Waals surface area contributed by atoms with Gasteiger partial charge in [0.25, 0.3) is 5.56 Å². The minimum atomic E-state index is -0.131. The molecule has 1 atom stereocenters. The Morgan fingerprint density at radius 1 is 1.24 bits per heavy atom. The van der Waals surface area contributed by atoms with Crippen molar-refractivity contribution in [1.82, 2.24) is 19.9 Å². The van der Waals surface area contributed by atoms with E-state index in [9.17, 15) is 9.59 Å². The first-order valence-corrected chi connectivity index (χ1v) is 10.5. The Kier molecular flexibility index (Phi) is 6.74. The minimum Gasteiger partial charge on any atom is -0.497 e. The van der Waals surface area contributed by atoms with Crippen LogP contribution in [-0.4, -0.2) is 33.6 Å². The lowest BCUT2D eigenvalue weighted by molar-refractivity contribution is -0.121. The predicted molar refractivity (Wildman–Crippen MR) is 118 cm³/mol. The van der Waals surface area contributed by atoms with Crippen molar-refractivity contribution in [2.45, 2.75) is 58.5 Å². The number of ether oxygens (including phenoxy) is 1. The first kappa shape index (κ1) is 21.1. The Morgan fingerprint density at radius 3 is 2.76 bits per heavy atom. The molecule has 29 heavy (non-hydrogen) atoms. The monoisotopic (exact) mass is 416 g/mol. The number of carbonyl (C=O) groups excluding carboxylic acids is 1. The van der Waals surface area contributed by atoms with Crippen molar-refractivity contribution in [3.63, 3.8) is 0 Å². The molecule has 3 rings (SSSR count). The summed E-state index contributed by atoms with van der Waals surface area (Å²) in [6.07, 6.45) is 3.87. The number of carbonyl (C=O) groups is 1. The highest BCUT2D eigenvalue weighted by Crippen LogP contribution is 2.25. The maximum atomic E-state index is 12.9. The van der Waals surface area contributed by atoms with Crippen LogP contribution in [0.1, 0.15) is 46.0 Å². The molecule has 2 aromatic heterocycles. The minimum absolute atomic E-state index is 0.0868. The average Bonchev–Trinajstić information content (AvgIpc) is 3.07. The lowest BCUT2D eigenvalue weighted by Crippen LogP contribution is -2.31. The Bertz CT molecular complexity index is 1130. The molecule has 1 aromatic carbocycles. The third-order valence-corrected chi connectivity index (χ3v) is 5.57. The number of rotatable bonds is 9. The van der Waals surface area contributed by atoms with E-state index in [1.807, 2.05) is 32.0 Å². The SMILES string of the molecule is CC[C@H](C)NC(=O)CCCCCn1c(=S)[nH]c2c([nH]c3ccc(OC)cc32)c1=O. The van der Waals surface area contributed by atoms with Gasteiger partial charge >= 0.3 is 0 Å². The van der Waals surface area contributed by atoms with E-state index in [1.165, 1.54) is 0 Å². The van der Waals surface area contributed by atoms with E-state index in [4.69, 9.17) is 17.0 Å². The standard InChI is InChI=1S/C21H28N4O3S/c1-4-13(2)22-17(26)8-6-5-7-11-25-20(27)19-18(24-21(25)29)15-12-14(28-3)9-10-16(15)23-19/h9-10,12-13,23H,4-8,11H2,1-3H3,(H,22,26)(H,24,29)/t13-/m0/s1. The summed E-state index contributed by atoms with van der Waals surface area (Å²) in [5, 5.41) is 3.85. The van der Waals surface area contributed by atoms with E-state index in [-0.39, 0.29) is 17.5 Å². The Labute approximate surface area is 174 Å². The molecule has 0 aliphatic heterocycles. The highest BCUT2D eigenvalue weighted by molar-refractivity contribution is 7.71. The quantitative estimate of drug-likeness (QED) is 0.363. The molecule has 0 spiro atoms. The summed E-state index contributed by atoms with van der Waals surface area (Å²) in [7, 11) is 1.61. The van der Waals surface area contributed by atoms with Gasteiger partial charge in [-0.25, -0.2) is 0 Å². The Morgan fingerprint density at radius 2 is 2.03 bits per heavy atom. The van der Waals surface area contributed by atoms with Crippen LogP contribution in [0.25, 0.3) is 21.9 Å². The van der Waals surface area contributed by atoms with E-state index in [0.29, 0.717) is 28.8 Å². The normalized spacial score (nSPS) is 12.4. The number of hydrogen-bond donors (Lipinski definition) is 3. The second-order valence-corrected chi connectivity index (χ2v) is 7.75. The van der Waals surface area contributed by atoms with Gasteiger partial charge in [-0.05, 0) is 56.6 Å². The number of nitrogens with one attached hydrogen (secondary N) is 3. The second kappa shape index (κ2) is 9.26. The Balaban J connectivity index is 1.69. The zero-order chi connectivity index (χ0) is 21.0. The molecule has 0 saturated carbocycles. The highest BCUT2D eigenvalue weighted by atomic mass is 32.1. The van der Waals surface area contributed by atoms with Crippen LogP contribution >= 0.6 is 12.2 Å². The average molecular weight is 417 g/mol. The van der Waals surface area contributed by atoms with Gasteiger partial charge < -0.3 is 20.0 Å². The zero-order valence-corrected chi connectivity index (χ0v) is 17.9. The highest BCUT2D eigenvalue weighted by Gasteiger charge is 2.12. The lowest BCUT2D eigenvalue weighted by Gasteiger charge is -2.11. The van der Waals surface area contributed by atoms with Crippen LogP contribution in [0.15, 0.2) is 23.0 Å². The Hall–Kier alpha value is -2.61.